The minimum Gasteiger partial charge on any atom is -0.394 e. The summed E-state index contributed by atoms with van der Waals surface area (Å²) in [6.45, 7) is 6.76. The van der Waals surface area contributed by atoms with E-state index in [1.807, 2.05) is 20.8 Å². The van der Waals surface area contributed by atoms with Crippen LogP contribution >= 0.6 is 0 Å². The minimum absolute atomic E-state index is 0.129. The van der Waals surface area contributed by atoms with Gasteiger partial charge in [0.25, 0.3) is 0 Å². The molecule has 0 aliphatic heterocycles. The van der Waals surface area contributed by atoms with Crippen molar-refractivity contribution in [2.24, 2.45) is 0 Å². The molecule has 1 aromatic rings. The lowest BCUT2D eigenvalue weighted by molar-refractivity contribution is 0.187. The van der Waals surface area contributed by atoms with E-state index in [0.717, 1.165) is 17.8 Å². The van der Waals surface area contributed by atoms with Crippen LogP contribution in [0.3, 0.4) is 0 Å². The Morgan fingerprint density at radius 1 is 1.62 bits per heavy atom. The van der Waals surface area contributed by atoms with Gasteiger partial charge in [-0.1, -0.05) is 0 Å². The van der Waals surface area contributed by atoms with Crippen LogP contribution in [0.25, 0.3) is 0 Å². The third-order valence-corrected chi connectivity index (χ3v) is 2.09. The van der Waals surface area contributed by atoms with Crippen LogP contribution in [0.4, 0.5) is 0 Å². The van der Waals surface area contributed by atoms with Crippen LogP contribution in [0, 0.1) is 6.92 Å². The van der Waals surface area contributed by atoms with Crippen molar-refractivity contribution in [1.29, 1.82) is 0 Å². The first-order chi connectivity index (χ1) is 6.05. The molecule has 1 aromatic heterocycles. The van der Waals surface area contributed by atoms with Crippen LogP contribution in [-0.4, -0.2) is 27.4 Å². The molecule has 3 N–H and O–H groups in total. The minimum atomic E-state index is -0.232. The summed E-state index contributed by atoms with van der Waals surface area (Å²) in [5, 5.41) is 19.0. The summed E-state index contributed by atoms with van der Waals surface area (Å²) < 4.78 is 0. The quantitative estimate of drug-likeness (QED) is 0.640. The highest BCUT2D eigenvalue weighted by Crippen LogP contribution is 2.06. The van der Waals surface area contributed by atoms with Crippen LogP contribution in [0.15, 0.2) is 6.20 Å². The number of aryl methyl sites for hydroxylation is 1. The molecule has 0 spiro atoms. The highest BCUT2D eigenvalue weighted by molar-refractivity contribution is 5.14. The number of aromatic amines is 1. The van der Waals surface area contributed by atoms with Gasteiger partial charge >= 0.3 is 0 Å². The molecule has 0 fully saturated rings. The van der Waals surface area contributed by atoms with Crippen molar-refractivity contribution in [2.45, 2.75) is 32.9 Å². The molecule has 0 saturated heterocycles. The molecule has 13 heavy (non-hydrogen) atoms. The molecule has 74 valence electrons. The van der Waals surface area contributed by atoms with Crippen molar-refractivity contribution < 1.29 is 5.11 Å². The third-order valence-electron chi connectivity index (χ3n) is 2.09. The van der Waals surface area contributed by atoms with Gasteiger partial charge in [-0.15, -0.1) is 0 Å². The number of hydrogen-bond acceptors (Lipinski definition) is 3. The van der Waals surface area contributed by atoms with Crippen molar-refractivity contribution in [3.8, 4) is 0 Å². The highest BCUT2D eigenvalue weighted by Gasteiger charge is 2.15. The first-order valence-corrected chi connectivity index (χ1v) is 4.40. The molecular weight excluding hydrogens is 166 g/mol. The first-order valence-electron chi connectivity index (χ1n) is 4.40. The van der Waals surface area contributed by atoms with Crippen molar-refractivity contribution in [3.05, 3.63) is 17.5 Å². The van der Waals surface area contributed by atoms with Gasteiger partial charge in [0.05, 0.1) is 12.8 Å². The normalized spacial score (nSPS) is 12.0. The van der Waals surface area contributed by atoms with Gasteiger partial charge in [0.15, 0.2) is 0 Å². The number of nitrogens with zero attached hydrogens (tertiary/aromatic N) is 1. The average molecular weight is 183 g/mol. The Hall–Kier alpha value is -0.870. The maximum atomic E-state index is 9.01. The van der Waals surface area contributed by atoms with Crippen LogP contribution < -0.4 is 5.32 Å². The van der Waals surface area contributed by atoms with Crippen molar-refractivity contribution in [3.63, 3.8) is 0 Å². The smallest absolute Gasteiger partial charge is 0.0607 e. The van der Waals surface area contributed by atoms with Crippen LogP contribution in [0.5, 0.6) is 0 Å². The van der Waals surface area contributed by atoms with E-state index in [1.54, 1.807) is 6.20 Å². The van der Waals surface area contributed by atoms with E-state index in [1.165, 1.54) is 0 Å². The summed E-state index contributed by atoms with van der Waals surface area (Å²) >= 11 is 0. The van der Waals surface area contributed by atoms with E-state index in [-0.39, 0.29) is 12.1 Å². The number of nitrogens with one attached hydrogen (secondary N) is 2. The van der Waals surface area contributed by atoms with Gasteiger partial charge in [-0.05, 0) is 20.8 Å². The van der Waals surface area contributed by atoms with E-state index in [9.17, 15) is 0 Å². The number of hydrogen-bond donors (Lipinski definition) is 3. The average Bonchev–Trinajstić information content (AvgIpc) is 2.48. The van der Waals surface area contributed by atoms with Gasteiger partial charge in [-0.2, -0.15) is 5.10 Å². The maximum absolute atomic E-state index is 9.01. The van der Waals surface area contributed by atoms with E-state index < -0.39 is 0 Å². The summed E-state index contributed by atoms with van der Waals surface area (Å²) in [4.78, 5) is 0. The fourth-order valence-electron chi connectivity index (χ4n) is 0.944. The summed E-state index contributed by atoms with van der Waals surface area (Å²) in [6.07, 6.45) is 1.80. The predicted octanol–water partition coefficient (Wildman–Crippen LogP) is 0.579. The number of aliphatic hydroxyl groups is 1. The van der Waals surface area contributed by atoms with E-state index in [4.69, 9.17) is 5.11 Å². The molecule has 1 heterocycles. The van der Waals surface area contributed by atoms with Crippen molar-refractivity contribution >= 4 is 0 Å². The largest absolute Gasteiger partial charge is 0.394 e. The topological polar surface area (TPSA) is 60.9 Å². The Labute approximate surface area is 78.4 Å². The Morgan fingerprint density at radius 3 is 2.77 bits per heavy atom. The van der Waals surface area contributed by atoms with Gasteiger partial charge in [0.1, 0.15) is 0 Å². The zero-order valence-corrected chi connectivity index (χ0v) is 8.39. The molecule has 4 nitrogen and oxygen atoms in total. The van der Waals surface area contributed by atoms with Crippen LogP contribution in [0.2, 0.25) is 0 Å². The zero-order chi connectivity index (χ0) is 9.90. The summed E-state index contributed by atoms with van der Waals surface area (Å²) in [5.41, 5.74) is 1.98. The standard InChI is InChI=1S/C9H17N3O/c1-7-8(5-11-12-7)4-10-9(2,3)6-13/h5,10,13H,4,6H2,1-3H3,(H,11,12). The van der Waals surface area contributed by atoms with Gasteiger partial charge in [-0.3, -0.25) is 5.10 Å². The van der Waals surface area contributed by atoms with Gasteiger partial charge < -0.3 is 10.4 Å². The van der Waals surface area contributed by atoms with E-state index >= 15 is 0 Å². The lowest BCUT2D eigenvalue weighted by Gasteiger charge is -2.23. The predicted molar refractivity (Wildman–Crippen MR) is 51.3 cm³/mol. The second-order valence-electron chi connectivity index (χ2n) is 3.92. The Kier molecular flexibility index (Phi) is 3.06. The van der Waals surface area contributed by atoms with Gasteiger partial charge in [0.2, 0.25) is 0 Å². The van der Waals surface area contributed by atoms with Crippen LogP contribution in [-0.2, 0) is 6.54 Å². The molecule has 0 atom stereocenters. The summed E-state index contributed by atoms with van der Waals surface area (Å²) in [5.74, 6) is 0. The maximum Gasteiger partial charge on any atom is 0.0607 e. The van der Waals surface area contributed by atoms with Crippen molar-refractivity contribution in [1.82, 2.24) is 15.5 Å². The molecule has 0 aliphatic carbocycles. The summed E-state index contributed by atoms with van der Waals surface area (Å²) in [7, 11) is 0. The first kappa shape index (κ1) is 10.2. The second-order valence-corrected chi connectivity index (χ2v) is 3.92. The zero-order valence-electron chi connectivity index (χ0n) is 8.39. The summed E-state index contributed by atoms with van der Waals surface area (Å²) in [6, 6.07) is 0. The van der Waals surface area contributed by atoms with Crippen LogP contribution in [0.1, 0.15) is 25.1 Å². The molecule has 0 saturated carbocycles. The third kappa shape index (κ3) is 2.82. The molecule has 0 aliphatic rings. The molecule has 1 rings (SSSR count). The van der Waals surface area contributed by atoms with E-state index in [2.05, 4.69) is 15.5 Å². The van der Waals surface area contributed by atoms with E-state index in [0.29, 0.717) is 0 Å². The Bertz CT molecular complexity index is 268. The molecule has 0 unspecified atom stereocenters. The molecule has 0 radical (unpaired) electrons. The molecule has 4 heteroatoms. The number of H-pyrrole nitrogens is 1. The molecule has 0 amide bonds. The lowest BCUT2D eigenvalue weighted by Crippen LogP contribution is -2.42. The fourth-order valence-corrected chi connectivity index (χ4v) is 0.944. The van der Waals surface area contributed by atoms with Gasteiger partial charge in [-0.25, -0.2) is 0 Å². The molecular formula is C9H17N3O. The number of aliphatic hydroxyl groups excluding tert-OH is 1. The second kappa shape index (κ2) is 3.89. The SMILES string of the molecule is Cc1[nH]ncc1CNC(C)(C)CO. The molecule has 0 aromatic carbocycles. The molecule has 0 bridgehead atoms. The number of rotatable bonds is 4. The monoisotopic (exact) mass is 183 g/mol. The lowest BCUT2D eigenvalue weighted by atomic mass is 10.1. The Balaban J connectivity index is 2.48. The highest BCUT2D eigenvalue weighted by atomic mass is 16.3. The Morgan fingerprint density at radius 2 is 2.31 bits per heavy atom. The fraction of sp³-hybridized carbons (Fsp3) is 0.667. The van der Waals surface area contributed by atoms with Crippen molar-refractivity contribution in [2.75, 3.05) is 6.61 Å². The van der Waals surface area contributed by atoms with Gasteiger partial charge in [0, 0.05) is 23.3 Å². The number of aromatic nitrogens is 2.